The minimum absolute atomic E-state index is 0.0369. The number of benzene rings is 3. The second-order valence-electron chi connectivity index (χ2n) is 6.76. The van der Waals surface area contributed by atoms with E-state index in [0.717, 1.165) is 6.26 Å². The molecule has 3 rings (SSSR count). The highest BCUT2D eigenvalue weighted by Gasteiger charge is 2.13. The molecule has 0 aromatic heterocycles. The van der Waals surface area contributed by atoms with Gasteiger partial charge in [-0.25, -0.2) is 8.42 Å². The maximum Gasteiger partial charge on any atom is 0.262 e. The highest BCUT2D eigenvalue weighted by molar-refractivity contribution is 7.90. The molecule has 1 N–H and O–H groups in total. The second kappa shape index (κ2) is 10.3. The number of amides is 1. The van der Waals surface area contributed by atoms with Crippen molar-refractivity contribution in [3.63, 3.8) is 0 Å². The average Bonchev–Trinajstić information content (AvgIpc) is 2.72. The Hall–Kier alpha value is -2.96. The van der Waals surface area contributed by atoms with Crippen LogP contribution in [0.5, 0.6) is 17.2 Å². The fraction of sp³-hybridized carbons (Fsp3) is 0.0909. The van der Waals surface area contributed by atoms with Crippen molar-refractivity contribution >= 4 is 56.2 Å². The van der Waals surface area contributed by atoms with Gasteiger partial charge in [0.1, 0.15) is 17.2 Å². The topological polar surface area (TPSA) is 105 Å². The quantitative estimate of drug-likeness (QED) is 0.422. The highest BCUT2D eigenvalue weighted by Crippen LogP contribution is 2.31. The van der Waals surface area contributed by atoms with E-state index < -0.39 is 15.7 Å². The molecule has 0 atom stereocenters. The molecule has 0 aliphatic carbocycles. The zero-order valence-corrected chi connectivity index (χ0v) is 20.0. The molecule has 3 aromatic rings. The molecule has 0 aliphatic rings. The van der Waals surface area contributed by atoms with Crippen LogP contribution in [0, 0.1) is 11.3 Å². The Morgan fingerprint density at radius 2 is 1.61 bits per heavy atom. The smallest absolute Gasteiger partial charge is 0.262 e. The number of halogens is 3. The minimum atomic E-state index is -3.42. The van der Waals surface area contributed by atoms with Gasteiger partial charge in [0, 0.05) is 22.4 Å². The van der Waals surface area contributed by atoms with Crippen LogP contribution >= 0.6 is 34.8 Å². The number of rotatable bonds is 7. The molecule has 0 bridgehead atoms. The molecule has 7 nitrogen and oxygen atoms in total. The molecule has 0 saturated heterocycles. The van der Waals surface area contributed by atoms with Crippen LogP contribution in [0.3, 0.4) is 0 Å². The molecule has 0 saturated carbocycles. The van der Waals surface area contributed by atoms with E-state index in [9.17, 15) is 13.2 Å². The predicted octanol–water partition coefficient (Wildman–Crippen LogP) is 5.73. The summed E-state index contributed by atoms with van der Waals surface area (Å²) in [5.41, 5.74) is 0.568. The summed E-state index contributed by atoms with van der Waals surface area (Å²) in [5.74, 6) is 0.370. The van der Waals surface area contributed by atoms with Crippen molar-refractivity contribution in [3.8, 4) is 23.3 Å². The molecule has 0 aliphatic heterocycles. The van der Waals surface area contributed by atoms with Gasteiger partial charge in [-0.05, 0) is 48.5 Å². The average molecular weight is 526 g/mol. The van der Waals surface area contributed by atoms with Gasteiger partial charge in [-0.2, -0.15) is 5.26 Å². The maximum absolute atomic E-state index is 12.3. The Morgan fingerprint density at radius 3 is 2.24 bits per heavy atom. The summed E-state index contributed by atoms with van der Waals surface area (Å²) in [6.07, 6.45) is 1.06. The van der Waals surface area contributed by atoms with Crippen LogP contribution in [0.25, 0.3) is 0 Å². The van der Waals surface area contributed by atoms with E-state index in [0.29, 0.717) is 27.1 Å². The van der Waals surface area contributed by atoms with Gasteiger partial charge in [0.05, 0.1) is 27.2 Å². The molecule has 0 radical (unpaired) electrons. The lowest BCUT2D eigenvalue weighted by Crippen LogP contribution is -2.20. The number of sulfone groups is 1. The standard InChI is InChI=1S/C22H15Cl3N2O5S/c1-33(29,30)19-2-3-21(20(25)10-19)27-22(28)12-31-16-6-15(24)8-18(9-16)32-17-5-13(11-26)4-14(23)7-17/h2-10H,12H2,1H3,(H,27,28). The lowest BCUT2D eigenvalue weighted by molar-refractivity contribution is -0.118. The monoisotopic (exact) mass is 524 g/mol. The highest BCUT2D eigenvalue weighted by atomic mass is 35.5. The zero-order valence-electron chi connectivity index (χ0n) is 16.9. The van der Waals surface area contributed by atoms with E-state index in [1.54, 1.807) is 0 Å². The molecular weight excluding hydrogens is 511 g/mol. The van der Waals surface area contributed by atoms with E-state index in [1.807, 2.05) is 6.07 Å². The summed E-state index contributed by atoms with van der Waals surface area (Å²) in [6.45, 7) is -0.375. The number of carbonyl (C=O) groups excluding carboxylic acids is 1. The number of carbonyl (C=O) groups is 1. The summed E-state index contributed by atoms with van der Waals surface area (Å²) in [5, 5.41) is 12.3. The van der Waals surface area contributed by atoms with Crippen LogP contribution < -0.4 is 14.8 Å². The molecule has 0 spiro atoms. The first-order chi connectivity index (χ1) is 15.5. The Balaban J connectivity index is 1.67. The molecular formula is C22H15Cl3N2O5S. The van der Waals surface area contributed by atoms with Crippen molar-refractivity contribution in [1.82, 2.24) is 0 Å². The van der Waals surface area contributed by atoms with Crippen LogP contribution in [0.1, 0.15) is 5.56 Å². The summed E-state index contributed by atoms with van der Waals surface area (Å²) >= 11 is 18.2. The molecule has 11 heteroatoms. The van der Waals surface area contributed by atoms with E-state index in [1.165, 1.54) is 54.6 Å². The number of hydrogen-bond donors (Lipinski definition) is 1. The number of ether oxygens (including phenoxy) is 2. The molecule has 0 unspecified atom stereocenters. The van der Waals surface area contributed by atoms with E-state index in [2.05, 4.69) is 5.32 Å². The van der Waals surface area contributed by atoms with Gasteiger partial charge in [-0.3, -0.25) is 4.79 Å². The Labute approximate surface area is 205 Å². The zero-order chi connectivity index (χ0) is 24.2. The van der Waals surface area contributed by atoms with Gasteiger partial charge in [0.25, 0.3) is 5.91 Å². The molecule has 170 valence electrons. The van der Waals surface area contributed by atoms with Gasteiger partial charge in [-0.15, -0.1) is 0 Å². The third-order valence-corrected chi connectivity index (χ3v) is 5.95. The molecule has 1 amide bonds. The van der Waals surface area contributed by atoms with Crippen LogP contribution in [0.2, 0.25) is 15.1 Å². The molecule has 0 heterocycles. The van der Waals surface area contributed by atoms with Gasteiger partial charge >= 0.3 is 0 Å². The minimum Gasteiger partial charge on any atom is -0.484 e. The Bertz CT molecular complexity index is 1370. The summed E-state index contributed by atoms with van der Waals surface area (Å²) in [4.78, 5) is 12.3. The van der Waals surface area contributed by atoms with E-state index in [-0.39, 0.29) is 28.0 Å². The third-order valence-electron chi connectivity index (χ3n) is 4.09. The lowest BCUT2D eigenvalue weighted by atomic mass is 10.2. The van der Waals surface area contributed by atoms with Crippen molar-refractivity contribution in [2.75, 3.05) is 18.2 Å². The van der Waals surface area contributed by atoms with E-state index in [4.69, 9.17) is 49.5 Å². The first kappa shape index (κ1) is 24.7. The fourth-order valence-electron chi connectivity index (χ4n) is 2.66. The number of anilines is 1. The Morgan fingerprint density at radius 1 is 0.970 bits per heavy atom. The normalized spacial score (nSPS) is 10.9. The summed E-state index contributed by atoms with van der Waals surface area (Å²) in [6, 6.07) is 15.1. The van der Waals surface area contributed by atoms with Gasteiger partial charge < -0.3 is 14.8 Å². The second-order valence-corrected chi connectivity index (χ2v) is 10.1. The van der Waals surface area contributed by atoms with Crippen LogP contribution in [0.4, 0.5) is 5.69 Å². The Kier molecular flexibility index (Phi) is 7.72. The lowest BCUT2D eigenvalue weighted by Gasteiger charge is -2.12. The molecule has 33 heavy (non-hydrogen) atoms. The predicted molar refractivity (Wildman–Crippen MR) is 126 cm³/mol. The fourth-order valence-corrected chi connectivity index (χ4v) is 4.04. The largest absolute Gasteiger partial charge is 0.484 e. The van der Waals surface area contributed by atoms with E-state index >= 15 is 0 Å². The summed E-state index contributed by atoms with van der Waals surface area (Å²) in [7, 11) is -3.42. The molecule has 3 aromatic carbocycles. The van der Waals surface area contributed by atoms with Crippen molar-refractivity contribution in [2.45, 2.75) is 4.90 Å². The van der Waals surface area contributed by atoms with Crippen LogP contribution in [-0.2, 0) is 14.6 Å². The van der Waals surface area contributed by atoms with Crippen LogP contribution in [-0.4, -0.2) is 27.2 Å². The third kappa shape index (κ3) is 7.01. The number of hydrogen-bond acceptors (Lipinski definition) is 6. The first-order valence-corrected chi connectivity index (χ1v) is 12.2. The van der Waals surface area contributed by atoms with Crippen molar-refractivity contribution in [2.24, 2.45) is 0 Å². The van der Waals surface area contributed by atoms with Crippen molar-refractivity contribution in [3.05, 3.63) is 75.2 Å². The van der Waals surface area contributed by atoms with Gasteiger partial charge in [0.15, 0.2) is 16.4 Å². The van der Waals surface area contributed by atoms with Gasteiger partial charge in [-0.1, -0.05) is 34.8 Å². The number of nitriles is 1. The van der Waals surface area contributed by atoms with Gasteiger partial charge in [0.2, 0.25) is 0 Å². The summed E-state index contributed by atoms with van der Waals surface area (Å²) < 4.78 is 34.4. The van der Waals surface area contributed by atoms with Crippen LogP contribution in [0.15, 0.2) is 59.5 Å². The van der Waals surface area contributed by atoms with Crippen molar-refractivity contribution in [1.29, 1.82) is 5.26 Å². The van der Waals surface area contributed by atoms with Crippen molar-refractivity contribution < 1.29 is 22.7 Å². The SMILES string of the molecule is CS(=O)(=O)c1ccc(NC(=O)COc2cc(Cl)cc(Oc3cc(Cl)cc(C#N)c3)c2)c(Cl)c1. The maximum atomic E-state index is 12.3. The molecule has 0 fully saturated rings. The number of nitrogens with zero attached hydrogens (tertiary/aromatic N) is 1. The first-order valence-electron chi connectivity index (χ1n) is 9.15. The number of nitrogens with one attached hydrogen (secondary N) is 1.